The first kappa shape index (κ1) is 8.29. The van der Waals surface area contributed by atoms with Gasteiger partial charge in [0.1, 0.15) is 11.5 Å². The quantitative estimate of drug-likeness (QED) is 0.529. The molecule has 0 atom stereocenters. The van der Waals surface area contributed by atoms with E-state index in [1.165, 1.54) is 25.7 Å². The molecule has 0 bridgehead atoms. The summed E-state index contributed by atoms with van der Waals surface area (Å²) in [6.07, 6.45) is 6.59. The van der Waals surface area contributed by atoms with Gasteiger partial charge in [0.2, 0.25) is 0 Å². The molecule has 70 valence electrons. The summed E-state index contributed by atoms with van der Waals surface area (Å²) in [5.74, 6) is 0.115. The van der Waals surface area contributed by atoms with E-state index >= 15 is 0 Å². The monoisotopic (exact) mass is 178 g/mol. The SMILES string of the molecule is N=C(N)c1ccnn1C1CCCC1. The van der Waals surface area contributed by atoms with Gasteiger partial charge in [-0.3, -0.25) is 10.1 Å². The standard InChI is InChI=1S/C9H14N4/c10-9(11)8-5-6-12-13(8)7-3-1-2-4-7/h5-7H,1-4H2,(H3,10,11). The molecule has 4 nitrogen and oxygen atoms in total. The average molecular weight is 178 g/mol. The highest BCUT2D eigenvalue weighted by Gasteiger charge is 2.20. The van der Waals surface area contributed by atoms with E-state index in [1.54, 1.807) is 12.3 Å². The van der Waals surface area contributed by atoms with Crippen molar-refractivity contribution in [1.82, 2.24) is 9.78 Å². The molecule has 1 aromatic heterocycles. The summed E-state index contributed by atoms with van der Waals surface area (Å²) in [5.41, 5.74) is 6.21. The van der Waals surface area contributed by atoms with Crippen LogP contribution in [0.5, 0.6) is 0 Å². The van der Waals surface area contributed by atoms with Crippen molar-refractivity contribution in [2.24, 2.45) is 5.73 Å². The van der Waals surface area contributed by atoms with E-state index in [0.29, 0.717) is 6.04 Å². The van der Waals surface area contributed by atoms with Crippen molar-refractivity contribution < 1.29 is 0 Å². The van der Waals surface area contributed by atoms with Gasteiger partial charge in [-0.1, -0.05) is 12.8 Å². The molecule has 1 saturated carbocycles. The number of hydrogen-bond acceptors (Lipinski definition) is 2. The third-order valence-corrected chi connectivity index (χ3v) is 2.62. The Bertz CT molecular complexity index is 309. The molecule has 1 aromatic rings. The van der Waals surface area contributed by atoms with Gasteiger partial charge < -0.3 is 5.73 Å². The molecule has 13 heavy (non-hydrogen) atoms. The molecule has 4 heteroatoms. The molecular formula is C9H14N4. The first-order valence-corrected chi connectivity index (χ1v) is 4.67. The Morgan fingerprint density at radius 1 is 1.54 bits per heavy atom. The Kier molecular flexibility index (Phi) is 2.04. The van der Waals surface area contributed by atoms with Gasteiger partial charge in [0.15, 0.2) is 0 Å². The van der Waals surface area contributed by atoms with E-state index < -0.39 is 0 Å². The van der Waals surface area contributed by atoms with Gasteiger partial charge in [0, 0.05) is 6.20 Å². The Labute approximate surface area is 77.2 Å². The van der Waals surface area contributed by atoms with E-state index in [4.69, 9.17) is 11.1 Å². The second kappa shape index (κ2) is 3.20. The number of nitrogens with one attached hydrogen (secondary N) is 1. The van der Waals surface area contributed by atoms with Crippen LogP contribution in [0.15, 0.2) is 12.3 Å². The van der Waals surface area contributed by atoms with E-state index in [-0.39, 0.29) is 5.84 Å². The van der Waals surface area contributed by atoms with Crippen molar-refractivity contribution in [2.45, 2.75) is 31.7 Å². The number of aromatic nitrogens is 2. The fourth-order valence-electron chi connectivity index (χ4n) is 1.97. The second-order valence-electron chi connectivity index (χ2n) is 3.51. The lowest BCUT2D eigenvalue weighted by atomic mass is 10.2. The number of hydrogen-bond donors (Lipinski definition) is 2. The van der Waals surface area contributed by atoms with Crippen molar-refractivity contribution in [3.05, 3.63) is 18.0 Å². The Balaban J connectivity index is 2.28. The van der Waals surface area contributed by atoms with Crippen LogP contribution in [-0.4, -0.2) is 15.6 Å². The van der Waals surface area contributed by atoms with E-state index in [9.17, 15) is 0 Å². The van der Waals surface area contributed by atoms with Crippen LogP contribution in [0.1, 0.15) is 37.4 Å². The highest BCUT2D eigenvalue weighted by Crippen LogP contribution is 2.29. The van der Waals surface area contributed by atoms with Crippen molar-refractivity contribution in [2.75, 3.05) is 0 Å². The fraction of sp³-hybridized carbons (Fsp3) is 0.556. The van der Waals surface area contributed by atoms with Gasteiger partial charge >= 0.3 is 0 Å². The summed E-state index contributed by atoms with van der Waals surface area (Å²) in [5, 5.41) is 11.6. The lowest BCUT2D eigenvalue weighted by molar-refractivity contribution is 0.463. The van der Waals surface area contributed by atoms with Gasteiger partial charge in [-0.15, -0.1) is 0 Å². The summed E-state index contributed by atoms with van der Waals surface area (Å²) in [6.45, 7) is 0. The number of rotatable bonds is 2. The average Bonchev–Trinajstić information content (AvgIpc) is 2.74. The number of amidine groups is 1. The smallest absolute Gasteiger partial charge is 0.141 e. The highest BCUT2D eigenvalue weighted by molar-refractivity contribution is 5.93. The summed E-state index contributed by atoms with van der Waals surface area (Å²) >= 11 is 0. The third-order valence-electron chi connectivity index (χ3n) is 2.62. The molecule has 0 aromatic carbocycles. The van der Waals surface area contributed by atoms with Crippen molar-refractivity contribution in [3.8, 4) is 0 Å². The Hall–Kier alpha value is -1.32. The minimum atomic E-state index is 0.115. The first-order chi connectivity index (χ1) is 6.29. The Morgan fingerprint density at radius 2 is 2.23 bits per heavy atom. The van der Waals surface area contributed by atoms with Crippen molar-refractivity contribution >= 4 is 5.84 Å². The van der Waals surface area contributed by atoms with Gasteiger partial charge in [0.25, 0.3) is 0 Å². The summed E-state index contributed by atoms with van der Waals surface area (Å²) in [6, 6.07) is 2.27. The lowest BCUT2D eigenvalue weighted by Gasteiger charge is -2.12. The van der Waals surface area contributed by atoms with E-state index in [2.05, 4.69) is 5.10 Å². The third kappa shape index (κ3) is 1.43. The second-order valence-corrected chi connectivity index (χ2v) is 3.51. The molecule has 3 N–H and O–H groups in total. The Morgan fingerprint density at radius 3 is 2.85 bits per heavy atom. The predicted octanol–water partition coefficient (Wildman–Crippen LogP) is 1.28. The van der Waals surface area contributed by atoms with Crippen LogP contribution in [0, 0.1) is 5.41 Å². The number of nitrogens with two attached hydrogens (primary N) is 1. The van der Waals surface area contributed by atoms with Crippen LogP contribution in [0.4, 0.5) is 0 Å². The first-order valence-electron chi connectivity index (χ1n) is 4.67. The van der Waals surface area contributed by atoms with Gasteiger partial charge in [-0.05, 0) is 18.9 Å². The van der Waals surface area contributed by atoms with Gasteiger partial charge in [-0.2, -0.15) is 5.10 Å². The molecular weight excluding hydrogens is 164 g/mol. The lowest BCUT2D eigenvalue weighted by Crippen LogP contribution is -2.20. The van der Waals surface area contributed by atoms with Crippen LogP contribution in [0.25, 0.3) is 0 Å². The van der Waals surface area contributed by atoms with Crippen LogP contribution in [0.2, 0.25) is 0 Å². The van der Waals surface area contributed by atoms with Crippen LogP contribution in [-0.2, 0) is 0 Å². The number of nitrogen functional groups attached to an aromatic ring is 1. The molecule has 0 radical (unpaired) electrons. The van der Waals surface area contributed by atoms with Crippen LogP contribution < -0.4 is 5.73 Å². The van der Waals surface area contributed by atoms with E-state index in [1.807, 2.05) is 4.68 Å². The molecule has 1 fully saturated rings. The molecule has 1 heterocycles. The topological polar surface area (TPSA) is 67.7 Å². The zero-order valence-electron chi connectivity index (χ0n) is 7.53. The molecule has 1 aliphatic rings. The minimum Gasteiger partial charge on any atom is -0.382 e. The summed E-state index contributed by atoms with van der Waals surface area (Å²) in [4.78, 5) is 0. The summed E-state index contributed by atoms with van der Waals surface area (Å²) in [7, 11) is 0. The molecule has 0 spiro atoms. The maximum Gasteiger partial charge on any atom is 0.141 e. The van der Waals surface area contributed by atoms with Gasteiger partial charge in [-0.25, -0.2) is 0 Å². The highest BCUT2D eigenvalue weighted by atomic mass is 15.3. The molecule has 0 unspecified atom stereocenters. The molecule has 2 rings (SSSR count). The zero-order chi connectivity index (χ0) is 9.26. The maximum absolute atomic E-state index is 7.37. The largest absolute Gasteiger partial charge is 0.382 e. The summed E-state index contributed by atoms with van der Waals surface area (Å²) < 4.78 is 1.90. The normalized spacial score (nSPS) is 17.8. The zero-order valence-corrected chi connectivity index (χ0v) is 7.53. The fourth-order valence-corrected chi connectivity index (χ4v) is 1.97. The van der Waals surface area contributed by atoms with Gasteiger partial charge in [0.05, 0.1) is 6.04 Å². The molecule has 1 aliphatic carbocycles. The minimum absolute atomic E-state index is 0.115. The van der Waals surface area contributed by atoms with Crippen molar-refractivity contribution in [1.29, 1.82) is 5.41 Å². The van der Waals surface area contributed by atoms with E-state index in [0.717, 1.165) is 5.69 Å². The predicted molar refractivity (Wildman–Crippen MR) is 50.7 cm³/mol. The number of nitrogens with zero attached hydrogens (tertiary/aromatic N) is 2. The maximum atomic E-state index is 7.37. The molecule has 0 amide bonds. The molecule has 0 aliphatic heterocycles. The van der Waals surface area contributed by atoms with Crippen molar-refractivity contribution in [3.63, 3.8) is 0 Å². The van der Waals surface area contributed by atoms with Crippen LogP contribution >= 0.6 is 0 Å². The van der Waals surface area contributed by atoms with Crippen LogP contribution in [0.3, 0.4) is 0 Å². The molecule has 0 saturated heterocycles.